The highest BCUT2D eigenvalue weighted by molar-refractivity contribution is 6.35. The third kappa shape index (κ3) is 2.90. The number of nitro benzene ring substituents is 1. The van der Waals surface area contributed by atoms with Crippen LogP contribution in [0.1, 0.15) is 5.56 Å². The number of nitro groups is 1. The van der Waals surface area contributed by atoms with E-state index in [-0.39, 0.29) is 38.2 Å². The Morgan fingerprint density at radius 3 is 2.50 bits per heavy atom. The van der Waals surface area contributed by atoms with Crippen molar-refractivity contribution < 1.29 is 18.1 Å². The average Bonchev–Trinajstić information content (AvgIpc) is 2.90. The molecular weight excluding hydrogens is 370 g/mol. The van der Waals surface area contributed by atoms with Crippen LogP contribution in [0, 0.1) is 10.1 Å². The summed E-state index contributed by atoms with van der Waals surface area (Å²) in [7, 11) is 0. The Kier molecular flexibility index (Phi) is 3.89. The number of nitrogens with zero attached hydrogens (tertiary/aromatic N) is 2. The molecular formula is C14H6Cl2F3N3O2. The molecule has 1 heterocycles. The van der Waals surface area contributed by atoms with Crippen LogP contribution >= 0.6 is 23.2 Å². The molecule has 0 atom stereocenters. The van der Waals surface area contributed by atoms with Crippen molar-refractivity contribution in [3.63, 3.8) is 0 Å². The lowest BCUT2D eigenvalue weighted by molar-refractivity contribution is -0.384. The van der Waals surface area contributed by atoms with Crippen molar-refractivity contribution in [2.75, 3.05) is 0 Å². The first-order valence-corrected chi connectivity index (χ1v) is 7.13. The number of alkyl halides is 3. The molecule has 0 aliphatic rings. The van der Waals surface area contributed by atoms with Crippen LogP contribution in [-0.4, -0.2) is 14.9 Å². The third-order valence-electron chi connectivity index (χ3n) is 3.28. The van der Waals surface area contributed by atoms with E-state index in [0.29, 0.717) is 0 Å². The number of hydrogen-bond acceptors (Lipinski definition) is 3. The van der Waals surface area contributed by atoms with Crippen LogP contribution < -0.4 is 0 Å². The smallest absolute Gasteiger partial charge is 0.338 e. The Hall–Kier alpha value is -2.32. The predicted molar refractivity (Wildman–Crippen MR) is 83.2 cm³/mol. The third-order valence-corrected chi connectivity index (χ3v) is 3.80. The van der Waals surface area contributed by atoms with Gasteiger partial charge < -0.3 is 4.98 Å². The van der Waals surface area contributed by atoms with Gasteiger partial charge in [0, 0.05) is 11.1 Å². The topological polar surface area (TPSA) is 71.8 Å². The fourth-order valence-electron chi connectivity index (χ4n) is 2.22. The maximum atomic E-state index is 12.8. The van der Waals surface area contributed by atoms with Crippen LogP contribution in [0.15, 0.2) is 30.3 Å². The van der Waals surface area contributed by atoms with Crippen molar-refractivity contribution in [1.82, 2.24) is 9.97 Å². The minimum Gasteiger partial charge on any atom is -0.338 e. The number of aromatic nitrogens is 2. The number of H-pyrrole nitrogens is 1. The van der Waals surface area contributed by atoms with E-state index in [9.17, 15) is 23.3 Å². The molecule has 0 saturated heterocycles. The van der Waals surface area contributed by atoms with Crippen molar-refractivity contribution in [2.24, 2.45) is 0 Å². The summed E-state index contributed by atoms with van der Waals surface area (Å²) in [5, 5.41) is 11.1. The second-order valence-electron chi connectivity index (χ2n) is 4.86. The summed E-state index contributed by atoms with van der Waals surface area (Å²) in [5.41, 5.74) is -1.09. The summed E-state index contributed by atoms with van der Waals surface area (Å²) in [4.78, 5) is 17.2. The highest BCUT2D eigenvalue weighted by Gasteiger charge is 2.32. The number of benzene rings is 2. The molecule has 0 spiro atoms. The highest BCUT2D eigenvalue weighted by atomic mass is 35.5. The Labute approximate surface area is 142 Å². The monoisotopic (exact) mass is 375 g/mol. The molecule has 0 saturated carbocycles. The summed E-state index contributed by atoms with van der Waals surface area (Å²) >= 11 is 11.7. The van der Waals surface area contributed by atoms with Gasteiger partial charge in [0.1, 0.15) is 11.3 Å². The van der Waals surface area contributed by atoms with Gasteiger partial charge in [0.05, 0.1) is 26.6 Å². The molecule has 10 heteroatoms. The summed E-state index contributed by atoms with van der Waals surface area (Å²) in [6, 6.07) is 5.42. The van der Waals surface area contributed by atoms with Crippen LogP contribution in [-0.2, 0) is 6.18 Å². The molecule has 3 rings (SSSR count). The number of nitrogens with one attached hydrogen (secondary N) is 1. The van der Waals surface area contributed by atoms with Gasteiger partial charge in [-0.05, 0) is 24.3 Å². The van der Waals surface area contributed by atoms with Crippen LogP contribution in [0.5, 0.6) is 0 Å². The molecule has 0 aliphatic heterocycles. The SMILES string of the molecule is O=[N+]([O-])c1ccc(Cl)cc1-c1nc2c(Cl)cc(C(F)(F)F)cc2[nH]1. The summed E-state index contributed by atoms with van der Waals surface area (Å²) in [6.07, 6.45) is -4.58. The van der Waals surface area contributed by atoms with Gasteiger partial charge >= 0.3 is 6.18 Å². The van der Waals surface area contributed by atoms with E-state index in [4.69, 9.17) is 23.2 Å². The Bertz CT molecular complexity index is 970. The molecule has 1 N–H and O–H groups in total. The average molecular weight is 376 g/mol. The van der Waals surface area contributed by atoms with E-state index >= 15 is 0 Å². The summed E-state index contributed by atoms with van der Waals surface area (Å²) in [6.45, 7) is 0. The Morgan fingerprint density at radius 2 is 1.88 bits per heavy atom. The zero-order chi connectivity index (χ0) is 17.6. The minimum absolute atomic E-state index is 0.000393. The summed E-state index contributed by atoms with van der Waals surface area (Å²) in [5.74, 6) is 0.000393. The van der Waals surface area contributed by atoms with Crippen molar-refractivity contribution in [3.05, 3.63) is 56.1 Å². The van der Waals surface area contributed by atoms with E-state index in [1.54, 1.807) is 0 Å². The molecule has 2 aromatic carbocycles. The molecule has 3 aromatic rings. The van der Waals surface area contributed by atoms with Gasteiger partial charge in [-0.15, -0.1) is 0 Å². The zero-order valence-corrected chi connectivity index (χ0v) is 13.0. The van der Waals surface area contributed by atoms with E-state index in [1.807, 2.05) is 0 Å². The van der Waals surface area contributed by atoms with Crippen molar-refractivity contribution in [1.29, 1.82) is 0 Å². The Balaban J connectivity index is 2.24. The number of hydrogen-bond donors (Lipinski definition) is 1. The second kappa shape index (κ2) is 5.64. The molecule has 0 amide bonds. The molecule has 0 aliphatic carbocycles. The van der Waals surface area contributed by atoms with Gasteiger partial charge in [0.2, 0.25) is 0 Å². The lowest BCUT2D eigenvalue weighted by Crippen LogP contribution is -2.04. The lowest BCUT2D eigenvalue weighted by Gasteiger charge is -2.06. The molecule has 5 nitrogen and oxygen atoms in total. The number of aromatic amines is 1. The van der Waals surface area contributed by atoms with Gasteiger partial charge in [-0.2, -0.15) is 13.2 Å². The highest BCUT2D eigenvalue weighted by Crippen LogP contribution is 2.37. The molecule has 0 fully saturated rings. The maximum Gasteiger partial charge on any atom is 0.416 e. The molecule has 0 bridgehead atoms. The second-order valence-corrected chi connectivity index (χ2v) is 5.70. The molecule has 0 radical (unpaired) electrons. The van der Waals surface area contributed by atoms with Crippen molar-refractivity contribution in [3.8, 4) is 11.4 Å². The fourth-order valence-corrected chi connectivity index (χ4v) is 2.66. The van der Waals surface area contributed by atoms with Crippen LogP contribution in [0.2, 0.25) is 10.0 Å². The first kappa shape index (κ1) is 16.5. The first-order chi connectivity index (χ1) is 11.2. The summed E-state index contributed by atoms with van der Waals surface area (Å²) < 4.78 is 38.5. The van der Waals surface area contributed by atoms with Gasteiger partial charge in [-0.25, -0.2) is 4.98 Å². The van der Waals surface area contributed by atoms with Gasteiger partial charge in [-0.1, -0.05) is 23.2 Å². The van der Waals surface area contributed by atoms with Gasteiger partial charge in [-0.3, -0.25) is 10.1 Å². The zero-order valence-electron chi connectivity index (χ0n) is 11.5. The largest absolute Gasteiger partial charge is 0.416 e. The minimum atomic E-state index is -4.58. The van der Waals surface area contributed by atoms with E-state index < -0.39 is 16.7 Å². The molecule has 124 valence electrons. The fraction of sp³-hybridized carbons (Fsp3) is 0.0714. The first-order valence-electron chi connectivity index (χ1n) is 6.37. The number of fused-ring (bicyclic) bond motifs is 1. The quantitative estimate of drug-likeness (QED) is 0.477. The van der Waals surface area contributed by atoms with Crippen molar-refractivity contribution >= 4 is 39.9 Å². The standard InChI is InChI=1S/C14H6Cl2F3N3O2/c15-7-1-2-11(22(23)24)8(5-7)13-20-10-4-6(14(17,18)19)3-9(16)12(10)21-13/h1-5H,(H,20,21). The number of rotatable bonds is 2. The lowest BCUT2D eigenvalue weighted by atomic mass is 10.1. The van der Waals surface area contributed by atoms with Crippen molar-refractivity contribution in [2.45, 2.75) is 6.18 Å². The number of imidazole rings is 1. The molecule has 24 heavy (non-hydrogen) atoms. The maximum absolute atomic E-state index is 12.8. The number of halogens is 5. The van der Waals surface area contributed by atoms with Crippen LogP contribution in [0.25, 0.3) is 22.4 Å². The predicted octanol–water partition coefficient (Wildman–Crippen LogP) is 5.46. The van der Waals surface area contributed by atoms with E-state index in [2.05, 4.69) is 9.97 Å². The van der Waals surface area contributed by atoms with Gasteiger partial charge in [0.15, 0.2) is 0 Å². The normalized spacial score (nSPS) is 11.9. The van der Waals surface area contributed by atoms with E-state index in [0.717, 1.165) is 12.1 Å². The molecule has 0 unspecified atom stereocenters. The Morgan fingerprint density at radius 1 is 1.17 bits per heavy atom. The molecule has 1 aromatic heterocycles. The van der Waals surface area contributed by atoms with Crippen LogP contribution in [0.3, 0.4) is 0 Å². The van der Waals surface area contributed by atoms with E-state index in [1.165, 1.54) is 18.2 Å². The van der Waals surface area contributed by atoms with Crippen LogP contribution in [0.4, 0.5) is 18.9 Å². The van der Waals surface area contributed by atoms with Gasteiger partial charge in [0.25, 0.3) is 5.69 Å².